The highest BCUT2D eigenvalue weighted by Crippen LogP contribution is 2.23. The number of rotatable bonds is 3. The Bertz CT molecular complexity index is 181. The van der Waals surface area contributed by atoms with E-state index in [1.807, 2.05) is 6.08 Å². The summed E-state index contributed by atoms with van der Waals surface area (Å²) in [5.74, 6) is 1.26. The Balaban J connectivity index is 2.50. The number of hydrogen-bond donors (Lipinski definition) is 1. The molecule has 2 N–H and O–H groups in total. The maximum atomic E-state index is 5.97. The number of allylic oxidation sites excluding steroid dienone is 2. The Morgan fingerprint density at radius 2 is 2.00 bits per heavy atom. The molecule has 0 spiro atoms. The molecular weight excluding hydrogens is 146 g/mol. The van der Waals surface area contributed by atoms with Crippen LogP contribution < -0.4 is 5.73 Å². The Kier molecular flexibility index (Phi) is 3.54. The van der Waals surface area contributed by atoms with Crippen LogP contribution >= 0.6 is 0 Å². The number of hydrogen-bond acceptors (Lipinski definition) is 1. The summed E-state index contributed by atoms with van der Waals surface area (Å²) in [7, 11) is 0. The van der Waals surface area contributed by atoms with E-state index in [1.165, 1.54) is 12.8 Å². The molecule has 1 aliphatic carbocycles. The molecular formula is C11H19N. The molecule has 3 atom stereocenters. The van der Waals surface area contributed by atoms with Crippen molar-refractivity contribution in [3.8, 4) is 0 Å². The Labute approximate surface area is 75.3 Å². The summed E-state index contributed by atoms with van der Waals surface area (Å²) in [6.07, 6.45) is 11.0. The Morgan fingerprint density at radius 1 is 1.33 bits per heavy atom. The van der Waals surface area contributed by atoms with Gasteiger partial charge in [-0.2, -0.15) is 0 Å². The lowest BCUT2D eigenvalue weighted by atomic mass is 9.82. The van der Waals surface area contributed by atoms with Crippen LogP contribution in [-0.2, 0) is 0 Å². The van der Waals surface area contributed by atoms with Crippen LogP contribution in [0.25, 0.3) is 0 Å². The second kappa shape index (κ2) is 4.46. The quantitative estimate of drug-likeness (QED) is 0.683. The van der Waals surface area contributed by atoms with E-state index >= 15 is 0 Å². The Hall–Kier alpha value is -0.560. The van der Waals surface area contributed by atoms with E-state index in [0.717, 1.165) is 0 Å². The van der Waals surface area contributed by atoms with E-state index in [9.17, 15) is 0 Å². The van der Waals surface area contributed by atoms with Gasteiger partial charge in [-0.15, -0.1) is 0 Å². The van der Waals surface area contributed by atoms with Gasteiger partial charge in [-0.1, -0.05) is 51.0 Å². The van der Waals surface area contributed by atoms with Gasteiger partial charge in [0.25, 0.3) is 0 Å². The first kappa shape index (κ1) is 9.53. The second-order valence-corrected chi connectivity index (χ2v) is 3.69. The minimum absolute atomic E-state index is 0.233. The molecule has 1 rings (SSSR count). The van der Waals surface area contributed by atoms with E-state index in [2.05, 4.69) is 32.1 Å². The van der Waals surface area contributed by atoms with Gasteiger partial charge in [-0.05, 0) is 11.8 Å². The van der Waals surface area contributed by atoms with E-state index in [1.54, 1.807) is 0 Å². The van der Waals surface area contributed by atoms with Gasteiger partial charge in [-0.25, -0.2) is 0 Å². The summed E-state index contributed by atoms with van der Waals surface area (Å²) in [4.78, 5) is 0. The fourth-order valence-electron chi connectivity index (χ4n) is 1.86. The molecule has 0 aliphatic heterocycles. The number of nitrogens with two attached hydrogens (primary N) is 1. The van der Waals surface area contributed by atoms with Crippen molar-refractivity contribution in [2.24, 2.45) is 17.6 Å². The molecule has 0 amide bonds. The zero-order chi connectivity index (χ0) is 8.97. The van der Waals surface area contributed by atoms with E-state index in [0.29, 0.717) is 11.8 Å². The predicted molar refractivity (Wildman–Crippen MR) is 53.8 cm³/mol. The molecule has 0 aromatic heterocycles. The average Bonchev–Trinajstić information content (AvgIpc) is 2.05. The third kappa shape index (κ3) is 2.21. The second-order valence-electron chi connectivity index (χ2n) is 3.69. The summed E-state index contributed by atoms with van der Waals surface area (Å²) in [6.45, 7) is 4.52. The van der Waals surface area contributed by atoms with Crippen LogP contribution in [0, 0.1) is 11.8 Å². The van der Waals surface area contributed by atoms with Gasteiger partial charge in [-0.3, -0.25) is 0 Å². The smallest absolute Gasteiger partial charge is 0.0293 e. The molecule has 68 valence electrons. The highest BCUT2D eigenvalue weighted by atomic mass is 14.6. The maximum absolute atomic E-state index is 5.97. The van der Waals surface area contributed by atoms with Crippen molar-refractivity contribution in [2.45, 2.75) is 32.7 Å². The van der Waals surface area contributed by atoms with Crippen molar-refractivity contribution in [1.29, 1.82) is 0 Å². The minimum Gasteiger partial charge on any atom is -0.324 e. The minimum atomic E-state index is 0.233. The molecule has 0 saturated heterocycles. The highest BCUT2D eigenvalue weighted by Gasteiger charge is 2.20. The zero-order valence-electron chi connectivity index (χ0n) is 8.03. The lowest BCUT2D eigenvalue weighted by Crippen LogP contribution is -2.32. The van der Waals surface area contributed by atoms with Crippen molar-refractivity contribution in [1.82, 2.24) is 0 Å². The fourth-order valence-corrected chi connectivity index (χ4v) is 1.86. The van der Waals surface area contributed by atoms with Crippen LogP contribution in [-0.4, -0.2) is 6.04 Å². The van der Waals surface area contributed by atoms with Crippen LogP contribution in [0.5, 0.6) is 0 Å². The van der Waals surface area contributed by atoms with Crippen LogP contribution in [0.2, 0.25) is 0 Å². The van der Waals surface area contributed by atoms with Crippen molar-refractivity contribution in [3.05, 3.63) is 24.3 Å². The van der Waals surface area contributed by atoms with E-state index < -0.39 is 0 Å². The van der Waals surface area contributed by atoms with E-state index in [-0.39, 0.29) is 6.04 Å². The molecule has 1 heteroatoms. The zero-order valence-corrected chi connectivity index (χ0v) is 8.03. The van der Waals surface area contributed by atoms with Gasteiger partial charge in [0.2, 0.25) is 0 Å². The summed E-state index contributed by atoms with van der Waals surface area (Å²) in [6, 6.07) is 0.233. The third-order valence-electron chi connectivity index (χ3n) is 2.62. The molecule has 12 heavy (non-hydrogen) atoms. The molecule has 0 fully saturated rings. The van der Waals surface area contributed by atoms with Gasteiger partial charge in [0.1, 0.15) is 0 Å². The first-order valence-electron chi connectivity index (χ1n) is 4.86. The summed E-state index contributed by atoms with van der Waals surface area (Å²) in [5, 5.41) is 0. The van der Waals surface area contributed by atoms with Gasteiger partial charge in [0.05, 0.1) is 0 Å². The molecule has 3 unspecified atom stereocenters. The average molecular weight is 165 g/mol. The molecule has 0 bridgehead atoms. The topological polar surface area (TPSA) is 26.0 Å². The standard InChI is InChI=1S/C11H19N/c1-3-6-9(2)10-7-4-5-8-11(10)12/h4-5,7-11H,3,6,12H2,1-2H3. The molecule has 1 aliphatic rings. The first-order chi connectivity index (χ1) is 5.75. The lowest BCUT2D eigenvalue weighted by Gasteiger charge is -2.26. The molecule has 0 radical (unpaired) electrons. The van der Waals surface area contributed by atoms with Crippen molar-refractivity contribution in [2.75, 3.05) is 0 Å². The molecule has 0 heterocycles. The Morgan fingerprint density at radius 3 is 2.58 bits per heavy atom. The van der Waals surface area contributed by atoms with E-state index in [4.69, 9.17) is 5.73 Å². The predicted octanol–water partition coefficient (Wildman–Crippen LogP) is 2.49. The van der Waals surface area contributed by atoms with Gasteiger partial charge in [0, 0.05) is 6.04 Å². The van der Waals surface area contributed by atoms with Crippen LogP contribution in [0.15, 0.2) is 24.3 Å². The molecule has 1 nitrogen and oxygen atoms in total. The van der Waals surface area contributed by atoms with Crippen LogP contribution in [0.1, 0.15) is 26.7 Å². The van der Waals surface area contributed by atoms with Gasteiger partial charge in [0.15, 0.2) is 0 Å². The third-order valence-corrected chi connectivity index (χ3v) is 2.62. The first-order valence-corrected chi connectivity index (χ1v) is 4.86. The summed E-state index contributed by atoms with van der Waals surface area (Å²) >= 11 is 0. The lowest BCUT2D eigenvalue weighted by molar-refractivity contribution is 0.368. The largest absolute Gasteiger partial charge is 0.324 e. The maximum Gasteiger partial charge on any atom is 0.0293 e. The monoisotopic (exact) mass is 165 g/mol. The van der Waals surface area contributed by atoms with Crippen molar-refractivity contribution in [3.63, 3.8) is 0 Å². The molecule has 0 aromatic carbocycles. The van der Waals surface area contributed by atoms with Crippen molar-refractivity contribution >= 4 is 0 Å². The molecule has 0 saturated carbocycles. The van der Waals surface area contributed by atoms with Gasteiger partial charge < -0.3 is 5.73 Å². The van der Waals surface area contributed by atoms with Crippen LogP contribution in [0.3, 0.4) is 0 Å². The summed E-state index contributed by atoms with van der Waals surface area (Å²) in [5.41, 5.74) is 5.97. The molecule has 0 aromatic rings. The van der Waals surface area contributed by atoms with Gasteiger partial charge >= 0.3 is 0 Å². The van der Waals surface area contributed by atoms with Crippen LogP contribution in [0.4, 0.5) is 0 Å². The SMILES string of the molecule is CCCC(C)C1C=CC=CC1N. The fraction of sp³-hybridized carbons (Fsp3) is 0.636. The summed E-state index contributed by atoms with van der Waals surface area (Å²) < 4.78 is 0. The highest BCUT2D eigenvalue weighted by molar-refractivity contribution is 5.17. The van der Waals surface area contributed by atoms with Crippen molar-refractivity contribution < 1.29 is 0 Å². The normalized spacial score (nSPS) is 30.6.